The minimum absolute atomic E-state index is 0.634. The normalized spacial score (nSPS) is 12.5. The van der Waals surface area contributed by atoms with Gasteiger partial charge in [0.2, 0.25) is 0 Å². The number of nitrogens with zero attached hydrogens (tertiary/aromatic N) is 2. The molecule has 0 radical (unpaired) electrons. The average Bonchev–Trinajstić information content (AvgIpc) is 2.10. The molecule has 0 amide bonds. The van der Waals surface area contributed by atoms with Gasteiger partial charge in [0.1, 0.15) is 5.82 Å². The molecule has 0 saturated carbocycles. The summed E-state index contributed by atoms with van der Waals surface area (Å²) in [6.07, 6.45) is 3.43. The number of aromatic nitrogens is 2. The van der Waals surface area contributed by atoms with Gasteiger partial charge >= 0.3 is 0 Å². The van der Waals surface area contributed by atoms with E-state index < -0.39 is 10.8 Å². The Bertz CT molecular complexity index is 341. The fraction of sp³-hybridized carbons (Fsp3) is 0.556. The van der Waals surface area contributed by atoms with Crippen molar-refractivity contribution in [2.45, 2.75) is 13.8 Å². The molecule has 1 atom stereocenters. The largest absolute Gasteiger partial charge is 0.368 e. The SMILES string of the molecule is Cc1cnc(C)c(NCCS(C)=O)n1. The first-order chi connectivity index (χ1) is 6.59. The highest BCUT2D eigenvalue weighted by Crippen LogP contribution is 2.07. The maximum Gasteiger partial charge on any atom is 0.147 e. The molecule has 1 heterocycles. The Morgan fingerprint density at radius 3 is 2.86 bits per heavy atom. The van der Waals surface area contributed by atoms with E-state index in [2.05, 4.69) is 15.3 Å². The predicted octanol–water partition coefficient (Wildman–Crippen LogP) is 0.884. The molecule has 0 fully saturated rings. The van der Waals surface area contributed by atoms with Gasteiger partial charge < -0.3 is 5.32 Å². The van der Waals surface area contributed by atoms with Gasteiger partial charge in [-0.25, -0.2) is 4.98 Å². The van der Waals surface area contributed by atoms with Crippen molar-refractivity contribution in [1.29, 1.82) is 0 Å². The highest BCUT2D eigenvalue weighted by atomic mass is 32.2. The van der Waals surface area contributed by atoms with Gasteiger partial charge in [-0.05, 0) is 13.8 Å². The molecule has 0 aliphatic carbocycles. The number of rotatable bonds is 4. The molecule has 5 heteroatoms. The van der Waals surface area contributed by atoms with E-state index in [1.807, 2.05) is 13.8 Å². The zero-order valence-corrected chi connectivity index (χ0v) is 9.52. The van der Waals surface area contributed by atoms with Crippen molar-refractivity contribution >= 4 is 16.6 Å². The molecule has 1 unspecified atom stereocenters. The zero-order chi connectivity index (χ0) is 10.6. The Kier molecular flexibility index (Phi) is 4.00. The first-order valence-electron chi connectivity index (χ1n) is 4.43. The summed E-state index contributed by atoms with van der Waals surface area (Å²) in [5, 5.41) is 3.12. The predicted molar refractivity (Wildman–Crippen MR) is 58.9 cm³/mol. The molecule has 0 bridgehead atoms. The Morgan fingerprint density at radius 2 is 2.21 bits per heavy atom. The third-order valence-electron chi connectivity index (χ3n) is 1.76. The lowest BCUT2D eigenvalue weighted by atomic mass is 10.4. The second-order valence-electron chi connectivity index (χ2n) is 3.15. The summed E-state index contributed by atoms with van der Waals surface area (Å²) >= 11 is 0. The molecule has 0 saturated heterocycles. The molecule has 78 valence electrons. The second-order valence-corrected chi connectivity index (χ2v) is 4.70. The van der Waals surface area contributed by atoms with Crippen LogP contribution in [0.5, 0.6) is 0 Å². The van der Waals surface area contributed by atoms with Crippen molar-refractivity contribution in [3.05, 3.63) is 17.6 Å². The summed E-state index contributed by atoms with van der Waals surface area (Å²) in [7, 11) is -0.762. The molecule has 14 heavy (non-hydrogen) atoms. The van der Waals surface area contributed by atoms with Crippen molar-refractivity contribution in [3.63, 3.8) is 0 Å². The van der Waals surface area contributed by atoms with Crippen LogP contribution in [0.4, 0.5) is 5.82 Å². The highest BCUT2D eigenvalue weighted by Gasteiger charge is 2.00. The maximum absolute atomic E-state index is 10.8. The van der Waals surface area contributed by atoms with Gasteiger partial charge in [-0.1, -0.05) is 0 Å². The van der Waals surface area contributed by atoms with Gasteiger partial charge in [-0.3, -0.25) is 9.19 Å². The fourth-order valence-electron chi connectivity index (χ4n) is 1.02. The van der Waals surface area contributed by atoms with Crippen LogP contribution in [0, 0.1) is 13.8 Å². The van der Waals surface area contributed by atoms with Crippen LogP contribution in [0.1, 0.15) is 11.4 Å². The van der Waals surface area contributed by atoms with Gasteiger partial charge in [0.15, 0.2) is 0 Å². The monoisotopic (exact) mass is 213 g/mol. The average molecular weight is 213 g/mol. The van der Waals surface area contributed by atoms with E-state index in [4.69, 9.17) is 0 Å². The van der Waals surface area contributed by atoms with Gasteiger partial charge in [-0.2, -0.15) is 0 Å². The van der Waals surface area contributed by atoms with Crippen LogP contribution in [0.3, 0.4) is 0 Å². The van der Waals surface area contributed by atoms with Crippen LogP contribution in [0.2, 0.25) is 0 Å². The number of aryl methyl sites for hydroxylation is 2. The minimum atomic E-state index is -0.762. The third-order valence-corrected chi connectivity index (χ3v) is 2.54. The van der Waals surface area contributed by atoms with Crippen molar-refractivity contribution in [2.75, 3.05) is 23.9 Å². The molecule has 1 aromatic heterocycles. The molecule has 0 aliphatic heterocycles. The molecular weight excluding hydrogens is 198 g/mol. The van der Waals surface area contributed by atoms with Crippen LogP contribution < -0.4 is 5.32 Å². The Hall–Kier alpha value is -0.970. The third kappa shape index (κ3) is 3.41. The topological polar surface area (TPSA) is 54.9 Å². The van der Waals surface area contributed by atoms with E-state index in [-0.39, 0.29) is 0 Å². The van der Waals surface area contributed by atoms with Gasteiger partial charge in [0.05, 0.1) is 11.4 Å². The van der Waals surface area contributed by atoms with Crippen LogP contribution >= 0.6 is 0 Å². The maximum atomic E-state index is 10.8. The molecule has 1 aromatic rings. The minimum Gasteiger partial charge on any atom is -0.368 e. The van der Waals surface area contributed by atoms with E-state index in [1.165, 1.54) is 0 Å². The number of hydrogen-bond donors (Lipinski definition) is 1. The Balaban J connectivity index is 2.57. The number of anilines is 1. The first-order valence-corrected chi connectivity index (χ1v) is 6.16. The summed E-state index contributed by atoms with van der Waals surface area (Å²) in [5.74, 6) is 1.42. The quantitative estimate of drug-likeness (QED) is 0.807. The summed E-state index contributed by atoms with van der Waals surface area (Å²) in [6.45, 7) is 4.47. The molecule has 1 rings (SSSR count). The summed E-state index contributed by atoms with van der Waals surface area (Å²) in [4.78, 5) is 8.47. The lowest BCUT2D eigenvalue weighted by Crippen LogP contribution is -2.12. The second kappa shape index (κ2) is 5.05. The van der Waals surface area contributed by atoms with Crippen molar-refractivity contribution < 1.29 is 4.21 Å². The van der Waals surface area contributed by atoms with E-state index in [0.717, 1.165) is 17.2 Å². The van der Waals surface area contributed by atoms with E-state index in [1.54, 1.807) is 12.5 Å². The van der Waals surface area contributed by atoms with E-state index in [0.29, 0.717) is 12.3 Å². The molecule has 0 aliphatic rings. The fourth-order valence-corrected chi connectivity index (χ4v) is 1.41. The lowest BCUT2D eigenvalue weighted by molar-refractivity contribution is 0.687. The van der Waals surface area contributed by atoms with Crippen LogP contribution in [0.15, 0.2) is 6.20 Å². The van der Waals surface area contributed by atoms with Crippen molar-refractivity contribution in [1.82, 2.24) is 9.97 Å². The lowest BCUT2D eigenvalue weighted by Gasteiger charge is -2.07. The molecular formula is C9H15N3OS. The van der Waals surface area contributed by atoms with Crippen molar-refractivity contribution in [2.24, 2.45) is 0 Å². The van der Waals surface area contributed by atoms with E-state index in [9.17, 15) is 4.21 Å². The summed E-state index contributed by atoms with van der Waals surface area (Å²) < 4.78 is 10.8. The smallest absolute Gasteiger partial charge is 0.147 e. The summed E-state index contributed by atoms with van der Waals surface area (Å²) in [6, 6.07) is 0. The first kappa shape index (κ1) is 11.1. The Morgan fingerprint density at radius 1 is 1.50 bits per heavy atom. The van der Waals surface area contributed by atoms with Crippen LogP contribution in [-0.4, -0.2) is 32.7 Å². The Labute approximate surface area is 86.6 Å². The van der Waals surface area contributed by atoms with Crippen LogP contribution in [-0.2, 0) is 10.8 Å². The van der Waals surface area contributed by atoms with Gasteiger partial charge in [0.25, 0.3) is 0 Å². The standard InChI is InChI=1S/C9H15N3OS/c1-7-6-11-8(2)9(12-7)10-4-5-14(3)13/h6H,4-5H2,1-3H3,(H,10,12). The molecule has 0 spiro atoms. The molecule has 0 aromatic carbocycles. The number of nitrogens with one attached hydrogen (secondary N) is 1. The molecule has 1 N–H and O–H groups in total. The highest BCUT2D eigenvalue weighted by molar-refractivity contribution is 7.84. The zero-order valence-electron chi connectivity index (χ0n) is 8.70. The van der Waals surface area contributed by atoms with Crippen LogP contribution in [0.25, 0.3) is 0 Å². The van der Waals surface area contributed by atoms with E-state index >= 15 is 0 Å². The number of hydrogen-bond acceptors (Lipinski definition) is 4. The molecule has 4 nitrogen and oxygen atoms in total. The summed E-state index contributed by atoms with van der Waals surface area (Å²) in [5.41, 5.74) is 1.76. The van der Waals surface area contributed by atoms with Gasteiger partial charge in [0, 0.05) is 35.5 Å². The van der Waals surface area contributed by atoms with Crippen molar-refractivity contribution in [3.8, 4) is 0 Å². The van der Waals surface area contributed by atoms with Gasteiger partial charge in [-0.15, -0.1) is 0 Å².